The number of carbonyl (C=O) groups excluding carboxylic acids is 2. The number of rotatable bonds is 5. The van der Waals surface area contributed by atoms with E-state index in [1.165, 1.54) is 135 Å². The Morgan fingerprint density at radius 1 is 0.581 bits per heavy atom. The lowest BCUT2D eigenvalue weighted by Gasteiger charge is -2.44. The molecule has 2 unspecified atom stereocenters. The first kappa shape index (κ1) is 65.0. The van der Waals surface area contributed by atoms with Gasteiger partial charge in [-0.2, -0.15) is 5.10 Å². The Bertz CT molecular complexity index is 2120. The van der Waals surface area contributed by atoms with Crippen LogP contribution in [0.15, 0.2) is 30.3 Å². The van der Waals surface area contributed by atoms with Gasteiger partial charge in [0.15, 0.2) is 11.4 Å². The van der Waals surface area contributed by atoms with E-state index in [1.807, 2.05) is 27.7 Å². The van der Waals surface area contributed by atoms with Gasteiger partial charge in [0.2, 0.25) is 5.91 Å². The van der Waals surface area contributed by atoms with E-state index in [0.29, 0.717) is 45.6 Å². The molecule has 1 aromatic carbocycles. The summed E-state index contributed by atoms with van der Waals surface area (Å²) in [6.45, 7) is 50.0. The minimum Gasteiger partial charge on any atom is -0.366 e. The molecule has 0 spiro atoms. The summed E-state index contributed by atoms with van der Waals surface area (Å²) in [6, 6.07) is 10.6. The molecule has 0 radical (unpaired) electrons. The van der Waals surface area contributed by atoms with Crippen molar-refractivity contribution >= 4 is 17.3 Å². The van der Waals surface area contributed by atoms with Gasteiger partial charge < -0.3 is 5.73 Å². The normalized spacial score (nSPS) is 22.3. The highest BCUT2D eigenvalue weighted by Gasteiger charge is 2.32. The van der Waals surface area contributed by atoms with E-state index < -0.39 is 17.1 Å². The highest BCUT2D eigenvalue weighted by Crippen LogP contribution is 2.30. The highest BCUT2D eigenvalue weighted by atomic mass is 19.1. The minimum atomic E-state index is -0.698. The molecule has 4 aliphatic rings. The number of hydrogen-bond donors (Lipinski definition) is 1. The Morgan fingerprint density at radius 2 is 1.00 bits per heavy atom. The van der Waals surface area contributed by atoms with Crippen molar-refractivity contribution in [1.29, 1.82) is 0 Å². The molecule has 2 aromatic heterocycles. The molecule has 422 valence electrons. The van der Waals surface area contributed by atoms with Gasteiger partial charge in [-0.3, -0.25) is 29.2 Å². The third kappa shape index (κ3) is 20.0. The first-order valence-corrected chi connectivity index (χ1v) is 29.3. The third-order valence-electron chi connectivity index (χ3n) is 15.8. The van der Waals surface area contributed by atoms with Crippen molar-refractivity contribution in [3.8, 4) is 11.3 Å². The Balaban J connectivity index is 0.000000261. The van der Waals surface area contributed by atoms with Gasteiger partial charge in [-0.25, -0.2) is 13.9 Å². The van der Waals surface area contributed by atoms with Crippen molar-refractivity contribution < 1.29 is 14.0 Å². The zero-order valence-electron chi connectivity index (χ0n) is 51.2. The van der Waals surface area contributed by atoms with Crippen LogP contribution >= 0.6 is 0 Å². The molecule has 10 nitrogen and oxygen atoms in total. The number of aryl methyl sites for hydroxylation is 1. The molecular weight excluding hydrogens is 920 g/mol. The number of amides is 1. The lowest BCUT2D eigenvalue weighted by Crippen LogP contribution is -2.50. The van der Waals surface area contributed by atoms with Gasteiger partial charge in [0, 0.05) is 74.6 Å². The summed E-state index contributed by atoms with van der Waals surface area (Å²) in [5, 5.41) is 4.44. The van der Waals surface area contributed by atoms with Crippen molar-refractivity contribution in [2.45, 2.75) is 288 Å². The van der Waals surface area contributed by atoms with E-state index in [2.05, 4.69) is 140 Å². The fraction of sp³-hybridized carbons (Fsp3) is 0.778. The summed E-state index contributed by atoms with van der Waals surface area (Å²) in [4.78, 5) is 38.8. The minimum absolute atomic E-state index is 0.0700. The van der Waals surface area contributed by atoms with Crippen LogP contribution in [0.25, 0.3) is 16.9 Å². The average Bonchev–Trinajstić information content (AvgIpc) is 3.42. The second-order valence-electron chi connectivity index (χ2n) is 27.2. The standard InChI is InChI=1S/C20H21FN4O2.3C11H23N.C10H21N/c1-5-12-9-16(18(26)20(2,3)4)23-17-10-15(24-25(12)17)13-7-6-11(19(22)27)8-14(13)21;2*1-10-8-6-5-7-9-12(10)11(2,3)4;1-5-10-8-6-7-9-12(10)11(2,3)4;1-9-7-5-6-8-11(9)10(2,3)4/h6-10H,5H2,1-4H3,(H2,22,27);3*10H,5-9H2,1-4H3;9H,5-8H2,1-4H3/t;10-;;;9-/m.0..1/s1. The van der Waals surface area contributed by atoms with E-state index in [4.69, 9.17) is 5.73 Å². The van der Waals surface area contributed by atoms with Gasteiger partial charge in [0.25, 0.3) is 0 Å². The van der Waals surface area contributed by atoms with Crippen LogP contribution in [0.3, 0.4) is 0 Å². The number of hydrogen-bond acceptors (Lipinski definition) is 8. The van der Waals surface area contributed by atoms with Crippen molar-refractivity contribution in [2.24, 2.45) is 11.1 Å². The van der Waals surface area contributed by atoms with Gasteiger partial charge in [-0.1, -0.05) is 73.1 Å². The molecule has 0 saturated carbocycles. The summed E-state index contributed by atoms with van der Waals surface area (Å²) in [6.07, 6.45) is 21.7. The molecule has 0 aliphatic carbocycles. The van der Waals surface area contributed by atoms with Crippen molar-refractivity contribution in [3.05, 3.63) is 53.1 Å². The molecule has 7 rings (SSSR count). The fourth-order valence-electron chi connectivity index (χ4n) is 11.7. The zero-order valence-corrected chi connectivity index (χ0v) is 51.2. The maximum absolute atomic E-state index is 14.4. The number of aromatic nitrogens is 3. The number of piperidine rings is 2. The van der Waals surface area contributed by atoms with Gasteiger partial charge in [-0.05, 0) is 219 Å². The number of likely N-dealkylation sites (tertiary alicyclic amines) is 4. The summed E-state index contributed by atoms with van der Waals surface area (Å²) in [7, 11) is 0. The summed E-state index contributed by atoms with van der Waals surface area (Å²) in [5.74, 6) is -1.37. The van der Waals surface area contributed by atoms with E-state index in [-0.39, 0.29) is 16.9 Å². The molecule has 74 heavy (non-hydrogen) atoms. The molecular formula is C63H111FN8O2. The Morgan fingerprint density at radius 3 is 1.38 bits per heavy atom. The van der Waals surface area contributed by atoms with Crippen LogP contribution in [0.4, 0.5) is 4.39 Å². The van der Waals surface area contributed by atoms with E-state index in [0.717, 1.165) is 35.9 Å². The number of Topliss-reactive ketones (excluding diaryl/α,β-unsaturated/α-hetero) is 1. The van der Waals surface area contributed by atoms with E-state index in [1.54, 1.807) is 16.6 Å². The number of benzene rings is 1. The van der Waals surface area contributed by atoms with Crippen molar-refractivity contribution in [3.63, 3.8) is 0 Å². The van der Waals surface area contributed by atoms with Gasteiger partial charge in [0.05, 0.1) is 5.69 Å². The van der Waals surface area contributed by atoms with E-state index >= 15 is 0 Å². The van der Waals surface area contributed by atoms with Crippen molar-refractivity contribution in [2.75, 3.05) is 26.2 Å². The predicted octanol–water partition coefficient (Wildman–Crippen LogP) is 15.2. The molecule has 4 saturated heterocycles. The number of carbonyl (C=O) groups is 2. The molecule has 1 amide bonds. The summed E-state index contributed by atoms with van der Waals surface area (Å²) in [5.41, 5.74) is 8.42. The average molecular weight is 1030 g/mol. The van der Waals surface area contributed by atoms with Crippen molar-refractivity contribution in [1.82, 2.24) is 34.2 Å². The largest absolute Gasteiger partial charge is 0.366 e. The summed E-state index contributed by atoms with van der Waals surface area (Å²) < 4.78 is 16.0. The number of halogens is 1. The van der Waals surface area contributed by atoms with E-state index in [9.17, 15) is 14.0 Å². The highest BCUT2D eigenvalue weighted by molar-refractivity contribution is 5.98. The van der Waals surface area contributed by atoms with Crippen LogP contribution in [0.5, 0.6) is 0 Å². The monoisotopic (exact) mass is 1030 g/mol. The topological polar surface area (TPSA) is 103 Å². The first-order chi connectivity index (χ1) is 34.2. The molecule has 0 bridgehead atoms. The quantitative estimate of drug-likeness (QED) is 0.252. The van der Waals surface area contributed by atoms with Gasteiger partial charge in [-0.15, -0.1) is 0 Å². The predicted molar refractivity (Wildman–Crippen MR) is 313 cm³/mol. The molecule has 6 heterocycles. The fourth-order valence-corrected chi connectivity index (χ4v) is 11.7. The second-order valence-corrected chi connectivity index (χ2v) is 27.2. The van der Waals surface area contributed by atoms with Crippen LogP contribution in [0.1, 0.15) is 261 Å². The third-order valence-corrected chi connectivity index (χ3v) is 15.8. The molecule has 4 aliphatic heterocycles. The number of primary amides is 1. The molecule has 2 N–H and O–H groups in total. The number of ketones is 1. The SMILES string of the molecule is CC1CCCCCN1C(C)(C)C.CCC1CCCCN1C(C)(C)C.CCc1cc(C(=O)C(C)(C)C)nc2cc(-c3ccc(C(N)=O)cc3F)nn12.C[C@@H]1CCCCN1C(C)(C)C.C[C@H]1CCCCCN1C(C)(C)C. The Hall–Kier alpha value is -3.25. The zero-order chi connectivity index (χ0) is 56.0. The first-order valence-electron chi connectivity index (χ1n) is 29.3. The van der Waals surface area contributed by atoms with Crippen LogP contribution in [-0.4, -0.2) is 118 Å². The Kier molecular flexibility index (Phi) is 25.0. The van der Waals surface area contributed by atoms with Crippen LogP contribution in [-0.2, 0) is 6.42 Å². The number of nitrogens with two attached hydrogens (primary N) is 1. The lowest BCUT2D eigenvalue weighted by molar-refractivity contribution is 0.0496. The number of nitrogens with zero attached hydrogens (tertiary/aromatic N) is 7. The molecule has 3 aromatic rings. The maximum atomic E-state index is 14.4. The molecule has 4 atom stereocenters. The van der Waals surface area contributed by atoms with Gasteiger partial charge in [0.1, 0.15) is 11.5 Å². The smallest absolute Gasteiger partial charge is 0.248 e. The molecule has 4 fully saturated rings. The van der Waals surface area contributed by atoms with Gasteiger partial charge >= 0.3 is 0 Å². The Labute approximate surface area is 452 Å². The molecule has 11 heteroatoms. The maximum Gasteiger partial charge on any atom is 0.248 e. The number of fused-ring (bicyclic) bond motifs is 1. The lowest BCUT2D eigenvalue weighted by atomic mass is 9.88. The van der Waals surface area contributed by atoms with Crippen LogP contribution in [0, 0.1) is 11.2 Å². The van der Waals surface area contributed by atoms with Crippen LogP contribution < -0.4 is 5.73 Å². The van der Waals surface area contributed by atoms with Crippen LogP contribution in [0.2, 0.25) is 0 Å². The summed E-state index contributed by atoms with van der Waals surface area (Å²) >= 11 is 0. The second kappa shape index (κ2) is 28.4.